The number of aliphatic hydroxyl groups excluding tert-OH is 1. The number of aliphatic hydroxyl groups is 1. The van der Waals surface area contributed by atoms with E-state index in [4.69, 9.17) is 5.11 Å². The fourth-order valence-corrected chi connectivity index (χ4v) is 1.98. The first-order chi connectivity index (χ1) is 9.31. The monoisotopic (exact) mass is 270 g/mol. The Kier molecular flexibility index (Phi) is 14.6. The molecule has 0 aliphatic rings. The Morgan fingerprint density at radius 3 is 2.00 bits per heavy atom. The van der Waals surface area contributed by atoms with E-state index >= 15 is 0 Å². The molecule has 3 heteroatoms. The summed E-state index contributed by atoms with van der Waals surface area (Å²) in [6.07, 6.45) is 17.4. The molecule has 112 valence electrons. The van der Waals surface area contributed by atoms with E-state index in [0.29, 0.717) is 0 Å². The van der Waals surface area contributed by atoms with Gasteiger partial charge in [0.25, 0.3) is 0 Å². The predicted molar refractivity (Wildman–Crippen MR) is 78.8 cm³/mol. The average Bonchev–Trinajstić information content (AvgIpc) is 2.43. The van der Waals surface area contributed by atoms with Crippen LogP contribution in [-0.2, 0) is 9.53 Å². The molecule has 0 amide bonds. The maximum Gasteiger partial charge on any atom is 0.336 e. The quantitative estimate of drug-likeness (QED) is 0.307. The van der Waals surface area contributed by atoms with Crippen LogP contribution in [0.25, 0.3) is 0 Å². The van der Waals surface area contributed by atoms with Crippen molar-refractivity contribution in [2.45, 2.75) is 77.6 Å². The van der Waals surface area contributed by atoms with E-state index in [2.05, 4.69) is 11.7 Å². The van der Waals surface area contributed by atoms with Crippen molar-refractivity contribution < 1.29 is 14.6 Å². The van der Waals surface area contributed by atoms with E-state index in [0.717, 1.165) is 12.8 Å². The first-order valence-corrected chi connectivity index (χ1v) is 7.76. The van der Waals surface area contributed by atoms with Gasteiger partial charge < -0.3 is 9.84 Å². The fraction of sp³-hybridized carbons (Fsp3) is 0.812. The molecule has 0 aliphatic carbocycles. The molecule has 0 aromatic heterocycles. The van der Waals surface area contributed by atoms with Gasteiger partial charge in [-0.3, -0.25) is 0 Å². The smallest absolute Gasteiger partial charge is 0.336 e. The van der Waals surface area contributed by atoms with Gasteiger partial charge in [0.05, 0.1) is 6.26 Å². The summed E-state index contributed by atoms with van der Waals surface area (Å²) < 4.78 is 4.61. The molecule has 0 aromatic rings. The van der Waals surface area contributed by atoms with Crippen LogP contribution in [0.1, 0.15) is 77.6 Å². The summed E-state index contributed by atoms with van der Waals surface area (Å²) in [5.41, 5.74) is 0. The molecule has 0 fully saturated rings. The van der Waals surface area contributed by atoms with Gasteiger partial charge in [0, 0.05) is 0 Å². The molecule has 0 spiro atoms. The van der Waals surface area contributed by atoms with Gasteiger partial charge in [-0.1, -0.05) is 64.7 Å². The highest BCUT2D eigenvalue weighted by atomic mass is 16.5. The number of hydrogen-bond acceptors (Lipinski definition) is 3. The lowest BCUT2D eigenvalue weighted by Crippen LogP contribution is -2.04. The van der Waals surface area contributed by atoms with Gasteiger partial charge >= 0.3 is 5.97 Å². The summed E-state index contributed by atoms with van der Waals surface area (Å²) in [5, 5.41) is 8.42. The van der Waals surface area contributed by atoms with Gasteiger partial charge in [0.2, 0.25) is 0 Å². The van der Waals surface area contributed by atoms with E-state index < -0.39 is 12.6 Å². The van der Waals surface area contributed by atoms with Crippen molar-refractivity contribution in [1.29, 1.82) is 0 Å². The Labute approximate surface area is 118 Å². The minimum atomic E-state index is -0.598. The van der Waals surface area contributed by atoms with Gasteiger partial charge in [-0.2, -0.15) is 0 Å². The van der Waals surface area contributed by atoms with E-state index in [9.17, 15) is 4.79 Å². The van der Waals surface area contributed by atoms with Crippen molar-refractivity contribution in [3.8, 4) is 0 Å². The third kappa shape index (κ3) is 15.1. The largest absolute Gasteiger partial charge is 0.433 e. The van der Waals surface area contributed by atoms with Crippen LogP contribution in [0.4, 0.5) is 0 Å². The summed E-state index contributed by atoms with van der Waals surface area (Å²) in [6.45, 7) is 1.70. The van der Waals surface area contributed by atoms with Gasteiger partial charge in [0.1, 0.15) is 6.61 Å². The van der Waals surface area contributed by atoms with Gasteiger partial charge in [0.15, 0.2) is 0 Å². The molecule has 0 saturated carbocycles. The lowest BCUT2D eigenvalue weighted by atomic mass is 10.1. The number of ether oxygens (including phenoxy) is 1. The molecule has 0 radical (unpaired) electrons. The molecule has 0 unspecified atom stereocenters. The van der Waals surface area contributed by atoms with Crippen molar-refractivity contribution in [3.05, 3.63) is 12.3 Å². The van der Waals surface area contributed by atoms with Gasteiger partial charge in [-0.25, -0.2) is 4.79 Å². The molecule has 0 saturated heterocycles. The van der Waals surface area contributed by atoms with Crippen LogP contribution < -0.4 is 0 Å². The molecule has 0 bridgehead atoms. The minimum Gasteiger partial charge on any atom is -0.433 e. The Hall–Kier alpha value is -0.830. The second-order valence-electron chi connectivity index (χ2n) is 4.99. The molecule has 1 N–H and O–H groups in total. The van der Waals surface area contributed by atoms with Crippen molar-refractivity contribution in [2.75, 3.05) is 6.61 Å². The van der Waals surface area contributed by atoms with E-state index in [1.807, 2.05) is 6.08 Å². The van der Waals surface area contributed by atoms with Crippen LogP contribution >= 0.6 is 0 Å². The third-order valence-corrected chi connectivity index (χ3v) is 3.15. The maximum atomic E-state index is 10.6. The third-order valence-electron chi connectivity index (χ3n) is 3.15. The van der Waals surface area contributed by atoms with Crippen LogP contribution in [0.3, 0.4) is 0 Å². The van der Waals surface area contributed by atoms with Gasteiger partial charge in [-0.05, 0) is 18.9 Å². The van der Waals surface area contributed by atoms with Crippen LogP contribution in [0.15, 0.2) is 12.3 Å². The number of rotatable bonds is 13. The molecular formula is C16H30O3. The Morgan fingerprint density at radius 1 is 0.947 bits per heavy atom. The summed E-state index contributed by atoms with van der Waals surface area (Å²) in [4.78, 5) is 10.6. The topological polar surface area (TPSA) is 46.5 Å². The van der Waals surface area contributed by atoms with Crippen molar-refractivity contribution in [2.24, 2.45) is 0 Å². The van der Waals surface area contributed by atoms with Crippen molar-refractivity contribution >= 4 is 5.97 Å². The molecule has 0 aromatic carbocycles. The first-order valence-electron chi connectivity index (χ1n) is 7.76. The summed E-state index contributed by atoms with van der Waals surface area (Å²) >= 11 is 0. The number of carbonyl (C=O) groups is 1. The van der Waals surface area contributed by atoms with Gasteiger partial charge in [-0.15, -0.1) is 0 Å². The van der Waals surface area contributed by atoms with Crippen LogP contribution in [0, 0.1) is 0 Å². The van der Waals surface area contributed by atoms with E-state index in [1.54, 1.807) is 0 Å². The highest BCUT2D eigenvalue weighted by molar-refractivity contribution is 5.70. The normalized spacial score (nSPS) is 11.1. The predicted octanol–water partition coefficient (Wildman–Crippen LogP) is 4.35. The number of carbonyl (C=O) groups excluding carboxylic acids is 1. The second-order valence-corrected chi connectivity index (χ2v) is 4.99. The van der Waals surface area contributed by atoms with Crippen molar-refractivity contribution in [3.63, 3.8) is 0 Å². The molecule has 0 rings (SSSR count). The van der Waals surface area contributed by atoms with Crippen LogP contribution in [-0.4, -0.2) is 17.7 Å². The standard InChI is InChI=1S/C16H30O3/c1-2-3-4-5-6-7-8-9-10-11-12-13-14-19-16(18)15-17/h13-14,17H,2-12,15H2,1H3. The average molecular weight is 270 g/mol. The highest BCUT2D eigenvalue weighted by Gasteiger charge is 1.94. The lowest BCUT2D eigenvalue weighted by Gasteiger charge is -2.01. The summed E-state index contributed by atoms with van der Waals surface area (Å²) in [5.74, 6) is -0.598. The molecule has 0 aliphatic heterocycles. The molecule has 19 heavy (non-hydrogen) atoms. The SMILES string of the molecule is CCCCCCCCCCCCC=COC(=O)CO. The highest BCUT2D eigenvalue weighted by Crippen LogP contribution is 2.11. The van der Waals surface area contributed by atoms with Crippen molar-refractivity contribution in [1.82, 2.24) is 0 Å². The molecular weight excluding hydrogens is 240 g/mol. The zero-order chi connectivity index (χ0) is 14.2. The zero-order valence-electron chi connectivity index (χ0n) is 12.4. The first kappa shape index (κ1) is 18.2. The molecule has 3 nitrogen and oxygen atoms in total. The van der Waals surface area contributed by atoms with E-state index in [1.165, 1.54) is 64.0 Å². The minimum absolute atomic E-state index is 0.553. The van der Waals surface area contributed by atoms with Crippen LogP contribution in [0.5, 0.6) is 0 Å². The van der Waals surface area contributed by atoms with E-state index in [-0.39, 0.29) is 0 Å². The summed E-state index contributed by atoms with van der Waals surface area (Å²) in [7, 11) is 0. The number of allylic oxidation sites excluding steroid dienone is 1. The Balaban J connectivity index is 3.08. The number of esters is 1. The fourth-order valence-electron chi connectivity index (χ4n) is 1.98. The zero-order valence-corrected chi connectivity index (χ0v) is 12.4. The summed E-state index contributed by atoms with van der Waals surface area (Å²) in [6, 6.07) is 0. The molecule has 0 heterocycles. The second kappa shape index (κ2) is 15.2. The number of unbranched alkanes of at least 4 members (excludes halogenated alkanes) is 10. The number of hydrogen-bond donors (Lipinski definition) is 1. The Morgan fingerprint density at radius 2 is 1.47 bits per heavy atom. The molecule has 0 atom stereocenters. The lowest BCUT2D eigenvalue weighted by molar-refractivity contribution is -0.141. The van der Waals surface area contributed by atoms with Crippen LogP contribution in [0.2, 0.25) is 0 Å². The maximum absolute atomic E-state index is 10.6. The Bertz CT molecular complexity index is 224.